The predicted octanol–water partition coefficient (Wildman–Crippen LogP) is 3.99. The standard InChI is InChI=1S/C24H22N4O3S/c1-15-11-16(2)22-19(12-15)32-24(25-22)26-23(31)17-9-10-20(29)28(13-17)14-21(30)27(3)18-7-5-4-6-8-18/h4-13H,14H2,1-3H3,(H,25,26,31). The summed E-state index contributed by atoms with van der Waals surface area (Å²) in [4.78, 5) is 43.7. The van der Waals surface area contributed by atoms with Gasteiger partial charge in [0.05, 0.1) is 15.8 Å². The van der Waals surface area contributed by atoms with Gasteiger partial charge in [0.2, 0.25) is 5.91 Å². The van der Waals surface area contributed by atoms with E-state index in [0.717, 1.165) is 27.0 Å². The molecule has 0 aliphatic carbocycles. The molecule has 4 aromatic rings. The van der Waals surface area contributed by atoms with Gasteiger partial charge in [-0.3, -0.25) is 19.7 Å². The Morgan fingerprint density at radius 2 is 1.84 bits per heavy atom. The number of carbonyl (C=O) groups is 2. The monoisotopic (exact) mass is 446 g/mol. The van der Waals surface area contributed by atoms with Crippen molar-refractivity contribution in [3.63, 3.8) is 0 Å². The Bertz CT molecular complexity index is 1380. The molecule has 0 spiro atoms. The number of pyridine rings is 1. The van der Waals surface area contributed by atoms with Crippen molar-refractivity contribution >= 4 is 44.2 Å². The summed E-state index contributed by atoms with van der Waals surface area (Å²) in [5, 5.41) is 3.28. The minimum absolute atomic E-state index is 0.176. The fourth-order valence-corrected chi connectivity index (χ4v) is 4.47. The van der Waals surface area contributed by atoms with Crippen LogP contribution in [0.1, 0.15) is 21.5 Å². The van der Waals surface area contributed by atoms with Crippen molar-refractivity contribution < 1.29 is 9.59 Å². The van der Waals surface area contributed by atoms with E-state index in [4.69, 9.17) is 0 Å². The Balaban J connectivity index is 1.53. The first-order valence-electron chi connectivity index (χ1n) is 10.0. The van der Waals surface area contributed by atoms with Gasteiger partial charge in [0.15, 0.2) is 5.13 Å². The number of amides is 2. The molecule has 0 saturated heterocycles. The molecule has 0 unspecified atom stereocenters. The zero-order chi connectivity index (χ0) is 22.8. The van der Waals surface area contributed by atoms with Crippen LogP contribution in [-0.4, -0.2) is 28.4 Å². The summed E-state index contributed by atoms with van der Waals surface area (Å²) >= 11 is 1.40. The van der Waals surface area contributed by atoms with E-state index in [0.29, 0.717) is 5.13 Å². The number of aromatic nitrogens is 2. The quantitative estimate of drug-likeness (QED) is 0.502. The molecule has 0 aliphatic rings. The molecule has 0 aliphatic heterocycles. The van der Waals surface area contributed by atoms with Crippen LogP contribution in [-0.2, 0) is 11.3 Å². The average molecular weight is 447 g/mol. The molecule has 0 radical (unpaired) electrons. The van der Waals surface area contributed by atoms with Crippen molar-refractivity contribution in [1.82, 2.24) is 9.55 Å². The van der Waals surface area contributed by atoms with Gasteiger partial charge in [-0.1, -0.05) is 35.6 Å². The van der Waals surface area contributed by atoms with Gasteiger partial charge in [0.1, 0.15) is 6.54 Å². The molecule has 7 nitrogen and oxygen atoms in total. The van der Waals surface area contributed by atoms with Crippen molar-refractivity contribution in [3.8, 4) is 0 Å². The fraction of sp³-hybridized carbons (Fsp3) is 0.167. The van der Waals surface area contributed by atoms with Crippen LogP contribution in [0.15, 0.2) is 65.6 Å². The summed E-state index contributed by atoms with van der Waals surface area (Å²) < 4.78 is 2.24. The Labute approximate surface area is 189 Å². The number of rotatable bonds is 5. The highest BCUT2D eigenvalue weighted by Gasteiger charge is 2.15. The Morgan fingerprint density at radius 1 is 1.09 bits per heavy atom. The highest BCUT2D eigenvalue weighted by atomic mass is 32.1. The highest BCUT2D eigenvalue weighted by molar-refractivity contribution is 7.22. The number of thiazole rings is 1. The number of nitrogens with one attached hydrogen (secondary N) is 1. The number of hydrogen-bond donors (Lipinski definition) is 1. The van der Waals surface area contributed by atoms with Gasteiger partial charge in [0.25, 0.3) is 11.5 Å². The third-order valence-corrected chi connectivity index (χ3v) is 6.04. The number of hydrogen-bond acceptors (Lipinski definition) is 5. The Hall–Kier alpha value is -3.78. The predicted molar refractivity (Wildman–Crippen MR) is 128 cm³/mol. The maximum atomic E-state index is 12.8. The fourth-order valence-electron chi connectivity index (χ4n) is 3.43. The second-order valence-electron chi connectivity index (χ2n) is 7.57. The van der Waals surface area contributed by atoms with Gasteiger partial charge < -0.3 is 9.47 Å². The third-order valence-electron chi connectivity index (χ3n) is 5.12. The van der Waals surface area contributed by atoms with Crippen LogP contribution < -0.4 is 15.8 Å². The molecule has 4 rings (SSSR count). The summed E-state index contributed by atoms with van der Waals surface area (Å²) in [6.45, 7) is 3.83. The van der Waals surface area contributed by atoms with Gasteiger partial charge in [-0.25, -0.2) is 4.98 Å². The van der Waals surface area contributed by atoms with E-state index in [2.05, 4.69) is 10.3 Å². The molecule has 2 heterocycles. The Kier molecular flexibility index (Phi) is 5.87. The lowest BCUT2D eigenvalue weighted by Gasteiger charge is -2.18. The third kappa shape index (κ3) is 4.45. The van der Waals surface area contributed by atoms with Crippen molar-refractivity contribution in [2.75, 3.05) is 17.3 Å². The Morgan fingerprint density at radius 3 is 2.59 bits per heavy atom. The second-order valence-corrected chi connectivity index (χ2v) is 8.60. The molecular weight excluding hydrogens is 424 g/mol. The number of fused-ring (bicyclic) bond motifs is 1. The van der Waals surface area contributed by atoms with E-state index >= 15 is 0 Å². The number of anilines is 2. The van der Waals surface area contributed by atoms with Gasteiger partial charge in [-0.2, -0.15) is 0 Å². The summed E-state index contributed by atoms with van der Waals surface area (Å²) in [6, 6.07) is 16.0. The van der Waals surface area contributed by atoms with Gasteiger partial charge in [-0.15, -0.1) is 0 Å². The summed E-state index contributed by atoms with van der Waals surface area (Å²) in [5.74, 6) is -0.663. The van der Waals surface area contributed by atoms with Gasteiger partial charge >= 0.3 is 0 Å². The minimum atomic E-state index is -0.393. The molecule has 8 heteroatoms. The molecule has 32 heavy (non-hydrogen) atoms. The van der Waals surface area contributed by atoms with Crippen LogP contribution in [0.4, 0.5) is 10.8 Å². The molecule has 0 saturated carbocycles. The lowest BCUT2D eigenvalue weighted by molar-refractivity contribution is -0.118. The van der Waals surface area contributed by atoms with Crippen LogP contribution in [0.3, 0.4) is 0 Å². The number of nitrogens with zero attached hydrogens (tertiary/aromatic N) is 3. The summed E-state index contributed by atoms with van der Waals surface area (Å²) in [7, 11) is 1.65. The van der Waals surface area contributed by atoms with Crippen LogP contribution in [0, 0.1) is 13.8 Å². The topological polar surface area (TPSA) is 84.3 Å². The van der Waals surface area contributed by atoms with Crippen LogP contribution in [0.2, 0.25) is 0 Å². The van der Waals surface area contributed by atoms with Crippen molar-refractivity contribution in [1.29, 1.82) is 0 Å². The molecular formula is C24H22N4O3S. The molecule has 0 bridgehead atoms. The van der Waals surface area contributed by atoms with E-state index in [9.17, 15) is 14.4 Å². The van der Waals surface area contributed by atoms with Gasteiger partial charge in [-0.05, 0) is 49.2 Å². The normalized spacial score (nSPS) is 10.8. The lowest BCUT2D eigenvalue weighted by atomic mass is 10.1. The number of para-hydroxylation sites is 1. The number of aryl methyl sites for hydroxylation is 2. The van der Waals surface area contributed by atoms with E-state index in [-0.39, 0.29) is 23.6 Å². The van der Waals surface area contributed by atoms with Gasteiger partial charge in [0, 0.05) is 25.0 Å². The average Bonchev–Trinajstić information content (AvgIpc) is 3.17. The molecule has 0 atom stereocenters. The van der Waals surface area contributed by atoms with E-state index in [1.165, 1.54) is 39.1 Å². The number of benzene rings is 2. The smallest absolute Gasteiger partial charge is 0.258 e. The van der Waals surface area contributed by atoms with Crippen LogP contribution in [0.5, 0.6) is 0 Å². The summed E-state index contributed by atoms with van der Waals surface area (Å²) in [5.41, 5.74) is 3.67. The molecule has 0 fully saturated rings. The van der Waals surface area contributed by atoms with E-state index < -0.39 is 5.91 Å². The highest BCUT2D eigenvalue weighted by Crippen LogP contribution is 2.29. The molecule has 162 valence electrons. The van der Waals surface area contributed by atoms with Crippen LogP contribution >= 0.6 is 11.3 Å². The maximum absolute atomic E-state index is 12.8. The molecule has 2 aromatic carbocycles. The minimum Gasteiger partial charge on any atom is -0.314 e. The largest absolute Gasteiger partial charge is 0.314 e. The van der Waals surface area contributed by atoms with E-state index in [1.807, 2.05) is 56.3 Å². The van der Waals surface area contributed by atoms with Crippen molar-refractivity contribution in [2.24, 2.45) is 0 Å². The maximum Gasteiger partial charge on any atom is 0.258 e. The zero-order valence-electron chi connectivity index (χ0n) is 18.0. The first-order valence-corrected chi connectivity index (χ1v) is 10.8. The van der Waals surface area contributed by atoms with Crippen molar-refractivity contribution in [2.45, 2.75) is 20.4 Å². The second kappa shape index (κ2) is 8.76. The van der Waals surface area contributed by atoms with Crippen LogP contribution in [0.25, 0.3) is 10.2 Å². The SMILES string of the molecule is Cc1cc(C)c2nc(NC(=O)c3ccc(=O)n(CC(=O)N(C)c4ccccc4)c3)sc2c1. The van der Waals surface area contributed by atoms with E-state index in [1.54, 1.807) is 7.05 Å². The first kappa shape index (κ1) is 21.5. The zero-order valence-corrected chi connectivity index (χ0v) is 18.8. The number of likely N-dealkylation sites (N-methyl/N-ethyl adjacent to an activating group) is 1. The first-order chi connectivity index (χ1) is 15.3. The molecule has 2 amide bonds. The lowest BCUT2D eigenvalue weighted by Crippen LogP contribution is -2.34. The van der Waals surface area contributed by atoms with Crippen molar-refractivity contribution in [3.05, 3.63) is 87.8 Å². The molecule has 1 N–H and O–H groups in total. The molecule has 2 aromatic heterocycles. The summed E-state index contributed by atoms with van der Waals surface area (Å²) in [6.07, 6.45) is 1.40. The number of carbonyl (C=O) groups excluding carboxylic acids is 2.